The standard InChI is InChI=1S/C15H22N2O2/c18-12-1-3-16-8-10-5-11(14(16)6-12)9-17-4-2-13(19)7-15(10)17/h1,3,10-11,13-15,19H,2,4-9H2/t10-,11-,13+,14+,15+/m1/s1. The molecule has 0 aromatic carbocycles. The summed E-state index contributed by atoms with van der Waals surface area (Å²) in [6.07, 6.45) is 7.47. The van der Waals surface area contributed by atoms with Crippen molar-refractivity contribution in [3.63, 3.8) is 0 Å². The third-order valence-electron chi connectivity index (χ3n) is 5.63. The first kappa shape index (κ1) is 11.9. The van der Waals surface area contributed by atoms with Crippen LogP contribution in [0, 0.1) is 11.8 Å². The fraction of sp³-hybridized carbons (Fsp3) is 0.800. The van der Waals surface area contributed by atoms with E-state index < -0.39 is 0 Å². The van der Waals surface area contributed by atoms with Crippen LogP contribution >= 0.6 is 0 Å². The first-order valence-electron chi connectivity index (χ1n) is 7.59. The van der Waals surface area contributed by atoms with Gasteiger partial charge in [-0.2, -0.15) is 0 Å². The largest absolute Gasteiger partial charge is 0.393 e. The Labute approximate surface area is 114 Å². The number of carbonyl (C=O) groups is 1. The summed E-state index contributed by atoms with van der Waals surface area (Å²) in [6, 6.07) is 0.994. The molecule has 0 aromatic heterocycles. The van der Waals surface area contributed by atoms with Crippen molar-refractivity contribution in [3.8, 4) is 0 Å². The van der Waals surface area contributed by atoms with Gasteiger partial charge in [-0.15, -0.1) is 0 Å². The zero-order valence-corrected chi connectivity index (χ0v) is 11.2. The number of nitrogens with zero attached hydrogens (tertiary/aromatic N) is 2. The summed E-state index contributed by atoms with van der Waals surface area (Å²) in [5, 5.41) is 9.91. The molecule has 4 aliphatic rings. The van der Waals surface area contributed by atoms with Crippen LogP contribution in [0.4, 0.5) is 0 Å². The van der Waals surface area contributed by atoms with Gasteiger partial charge < -0.3 is 10.0 Å². The van der Waals surface area contributed by atoms with Crippen molar-refractivity contribution in [2.24, 2.45) is 11.8 Å². The van der Waals surface area contributed by atoms with Crippen LogP contribution < -0.4 is 0 Å². The molecule has 1 N–H and O–H groups in total. The predicted octanol–water partition coefficient (Wildman–Crippen LogP) is 0.618. The Balaban J connectivity index is 1.59. The summed E-state index contributed by atoms with van der Waals surface area (Å²) in [6.45, 7) is 3.23. The van der Waals surface area contributed by atoms with E-state index in [2.05, 4.69) is 9.80 Å². The van der Waals surface area contributed by atoms with E-state index in [1.54, 1.807) is 6.08 Å². The predicted molar refractivity (Wildman–Crippen MR) is 71.5 cm³/mol. The summed E-state index contributed by atoms with van der Waals surface area (Å²) >= 11 is 0. The number of hydrogen-bond donors (Lipinski definition) is 1. The molecule has 5 atom stereocenters. The molecule has 0 radical (unpaired) electrons. The molecule has 0 saturated carbocycles. The van der Waals surface area contributed by atoms with E-state index >= 15 is 0 Å². The van der Waals surface area contributed by atoms with Crippen molar-refractivity contribution in [2.45, 2.75) is 43.9 Å². The van der Waals surface area contributed by atoms with Gasteiger partial charge in [0.15, 0.2) is 5.78 Å². The number of ketones is 1. The van der Waals surface area contributed by atoms with Gasteiger partial charge in [-0.05, 0) is 37.2 Å². The molecule has 0 spiro atoms. The Morgan fingerprint density at radius 3 is 2.89 bits per heavy atom. The Morgan fingerprint density at radius 1 is 1.16 bits per heavy atom. The highest BCUT2D eigenvalue weighted by Gasteiger charge is 2.47. The zero-order valence-electron chi connectivity index (χ0n) is 11.2. The van der Waals surface area contributed by atoms with Crippen LogP contribution in [0.2, 0.25) is 0 Å². The zero-order chi connectivity index (χ0) is 13.0. The summed E-state index contributed by atoms with van der Waals surface area (Å²) in [5.41, 5.74) is 0. The monoisotopic (exact) mass is 262 g/mol. The van der Waals surface area contributed by atoms with Gasteiger partial charge in [0.05, 0.1) is 6.10 Å². The van der Waals surface area contributed by atoms with E-state index in [1.807, 2.05) is 6.20 Å². The Hall–Kier alpha value is -0.870. The number of piperidine rings is 3. The third kappa shape index (κ3) is 1.93. The normalized spacial score (nSPS) is 45.8. The Kier molecular flexibility index (Phi) is 2.71. The molecule has 4 aliphatic heterocycles. The number of allylic oxidation sites excluding steroid dienone is 1. The van der Waals surface area contributed by atoms with Crippen LogP contribution in [0.25, 0.3) is 0 Å². The van der Waals surface area contributed by atoms with Crippen molar-refractivity contribution in [2.75, 3.05) is 19.6 Å². The van der Waals surface area contributed by atoms with Crippen LogP contribution in [-0.4, -0.2) is 58.5 Å². The summed E-state index contributed by atoms with van der Waals surface area (Å²) < 4.78 is 0. The minimum Gasteiger partial charge on any atom is -0.393 e. The number of fused-ring (bicyclic) bond motifs is 6. The second-order valence-electron chi connectivity index (χ2n) is 6.75. The van der Waals surface area contributed by atoms with E-state index in [1.165, 1.54) is 6.42 Å². The lowest BCUT2D eigenvalue weighted by Crippen LogP contribution is -2.63. The number of aliphatic hydroxyl groups excluding tert-OH is 1. The summed E-state index contributed by atoms with van der Waals surface area (Å²) in [7, 11) is 0. The number of aliphatic hydroxyl groups is 1. The molecule has 4 heterocycles. The molecule has 0 amide bonds. The second kappa shape index (κ2) is 4.32. The van der Waals surface area contributed by atoms with E-state index in [-0.39, 0.29) is 11.9 Å². The van der Waals surface area contributed by atoms with Crippen LogP contribution in [0.1, 0.15) is 25.7 Å². The topological polar surface area (TPSA) is 43.8 Å². The molecule has 3 fully saturated rings. The van der Waals surface area contributed by atoms with Crippen molar-refractivity contribution in [3.05, 3.63) is 12.3 Å². The average molecular weight is 262 g/mol. The molecule has 4 nitrogen and oxygen atoms in total. The van der Waals surface area contributed by atoms with Gasteiger partial charge in [-0.1, -0.05) is 0 Å². The van der Waals surface area contributed by atoms with Gasteiger partial charge >= 0.3 is 0 Å². The molecule has 0 unspecified atom stereocenters. The molecule has 4 heteroatoms. The van der Waals surface area contributed by atoms with Gasteiger partial charge in [0, 0.05) is 44.3 Å². The molecule has 4 rings (SSSR count). The van der Waals surface area contributed by atoms with Crippen molar-refractivity contribution >= 4 is 5.78 Å². The van der Waals surface area contributed by atoms with Gasteiger partial charge in [-0.25, -0.2) is 0 Å². The fourth-order valence-electron chi connectivity index (χ4n) is 4.73. The van der Waals surface area contributed by atoms with Gasteiger partial charge in [0.25, 0.3) is 0 Å². The van der Waals surface area contributed by atoms with Gasteiger partial charge in [-0.3, -0.25) is 9.69 Å². The quantitative estimate of drug-likeness (QED) is 0.695. The number of carbonyl (C=O) groups excluding carboxylic acids is 1. The minimum absolute atomic E-state index is 0.103. The first-order valence-corrected chi connectivity index (χ1v) is 7.59. The van der Waals surface area contributed by atoms with Crippen LogP contribution in [0.5, 0.6) is 0 Å². The van der Waals surface area contributed by atoms with Gasteiger partial charge in [0.2, 0.25) is 0 Å². The van der Waals surface area contributed by atoms with E-state index in [4.69, 9.17) is 0 Å². The van der Waals surface area contributed by atoms with Crippen molar-refractivity contribution < 1.29 is 9.90 Å². The first-order chi connectivity index (χ1) is 9.20. The Morgan fingerprint density at radius 2 is 2.00 bits per heavy atom. The highest BCUT2D eigenvalue weighted by atomic mass is 16.3. The summed E-state index contributed by atoms with van der Waals surface area (Å²) in [5.74, 6) is 1.60. The van der Waals surface area contributed by atoms with Crippen molar-refractivity contribution in [1.82, 2.24) is 9.80 Å². The molecule has 19 heavy (non-hydrogen) atoms. The van der Waals surface area contributed by atoms with E-state index in [0.717, 1.165) is 32.5 Å². The lowest BCUT2D eigenvalue weighted by molar-refractivity contribution is -0.120. The smallest absolute Gasteiger partial charge is 0.159 e. The molecule has 3 saturated heterocycles. The maximum Gasteiger partial charge on any atom is 0.159 e. The minimum atomic E-state index is -0.103. The highest BCUT2D eigenvalue weighted by Crippen LogP contribution is 2.42. The number of rotatable bonds is 0. The molecular formula is C15H22N2O2. The van der Waals surface area contributed by atoms with Gasteiger partial charge in [0.1, 0.15) is 0 Å². The second-order valence-corrected chi connectivity index (χ2v) is 6.75. The van der Waals surface area contributed by atoms with E-state index in [0.29, 0.717) is 30.3 Å². The molecule has 2 bridgehead atoms. The van der Waals surface area contributed by atoms with Crippen LogP contribution in [0.15, 0.2) is 12.3 Å². The fourth-order valence-corrected chi connectivity index (χ4v) is 4.73. The molecular weight excluding hydrogens is 240 g/mol. The third-order valence-corrected chi connectivity index (χ3v) is 5.63. The van der Waals surface area contributed by atoms with E-state index in [9.17, 15) is 9.90 Å². The molecule has 104 valence electrons. The lowest BCUT2D eigenvalue weighted by Gasteiger charge is -2.56. The van der Waals surface area contributed by atoms with Crippen LogP contribution in [-0.2, 0) is 4.79 Å². The average Bonchev–Trinajstić information content (AvgIpc) is 2.41. The maximum absolute atomic E-state index is 11.6. The molecule has 0 aromatic rings. The molecule has 0 aliphatic carbocycles. The summed E-state index contributed by atoms with van der Waals surface area (Å²) in [4.78, 5) is 16.6. The Bertz CT molecular complexity index is 422. The highest BCUT2D eigenvalue weighted by molar-refractivity contribution is 5.90. The maximum atomic E-state index is 11.6. The lowest BCUT2D eigenvalue weighted by atomic mass is 9.71. The SMILES string of the molecule is O=C1C=CN2C[C@H]3C[C@H](CN4CC[C@H](O)C[C@@H]34)[C@@H]2C1. The number of hydrogen-bond acceptors (Lipinski definition) is 4. The van der Waals surface area contributed by atoms with Crippen LogP contribution in [0.3, 0.4) is 0 Å². The van der Waals surface area contributed by atoms with Crippen molar-refractivity contribution in [1.29, 1.82) is 0 Å².